The number of hydrogen-bond acceptors (Lipinski definition) is 3. The van der Waals surface area contributed by atoms with Crippen molar-refractivity contribution in [3.05, 3.63) is 128 Å². The highest BCUT2D eigenvalue weighted by Crippen LogP contribution is 2.45. The van der Waals surface area contributed by atoms with Crippen molar-refractivity contribution in [3.8, 4) is 11.5 Å². The average Bonchev–Trinajstić information content (AvgIpc) is 3.55. The summed E-state index contributed by atoms with van der Waals surface area (Å²) in [4.78, 5) is 14.9. The SMILES string of the molecule is c1ccc(-n2c3ccccc3c3c4ncccc4c4c5ccccc5n(-c5cnc6ccccc6n5)c4c32)cc1. The van der Waals surface area contributed by atoms with Gasteiger partial charge in [0.25, 0.3) is 0 Å². The van der Waals surface area contributed by atoms with Crippen LogP contribution in [0.15, 0.2) is 128 Å². The topological polar surface area (TPSA) is 48.5 Å². The Morgan fingerprint density at radius 2 is 1.10 bits per heavy atom. The molecule has 0 spiro atoms. The maximum atomic E-state index is 5.14. The maximum Gasteiger partial charge on any atom is 0.156 e. The van der Waals surface area contributed by atoms with Gasteiger partial charge in [-0.15, -0.1) is 0 Å². The van der Waals surface area contributed by atoms with E-state index in [0.29, 0.717) is 0 Å². The van der Waals surface area contributed by atoms with Gasteiger partial charge in [0.1, 0.15) is 0 Å². The van der Waals surface area contributed by atoms with Crippen LogP contribution in [0.1, 0.15) is 0 Å². The molecule has 0 fully saturated rings. The van der Waals surface area contributed by atoms with E-state index in [1.165, 1.54) is 10.8 Å². The first-order valence-electron chi connectivity index (χ1n) is 13.4. The van der Waals surface area contributed by atoms with E-state index in [1.807, 2.05) is 42.7 Å². The van der Waals surface area contributed by atoms with Crippen molar-refractivity contribution >= 4 is 65.5 Å². The predicted octanol–water partition coefficient (Wildman–Crippen LogP) is 8.37. The maximum absolute atomic E-state index is 5.14. The summed E-state index contributed by atoms with van der Waals surface area (Å²) in [5, 5.41) is 5.77. The molecular formula is C35H21N5. The fraction of sp³-hybridized carbons (Fsp3) is 0. The third-order valence-electron chi connectivity index (χ3n) is 7.97. The number of rotatable bonds is 2. The molecule has 0 saturated heterocycles. The van der Waals surface area contributed by atoms with Crippen molar-refractivity contribution < 1.29 is 0 Å². The highest BCUT2D eigenvalue weighted by molar-refractivity contribution is 6.35. The molecule has 0 aliphatic rings. The number of para-hydroxylation sites is 5. The molecule has 0 aliphatic carbocycles. The van der Waals surface area contributed by atoms with Gasteiger partial charge in [-0.05, 0) is 42.5 Å². The molecule has 9 aromatic rings. The summed E-state index contributed by atoms with van der Waals surface area (Å²) < 4.78 is 4.67. The fourth-order valence-corrected chi connectivity index (χ4v) is 6.39. The molecule has 40 heavy (non-hydrogen) atoms. The molecule has 0 aliphatic heterocycles. The third kappa shape index (κ3) is 2.78. The van der Waals surface area contributed by atoms with Gasteiger partial charge in [0.2, 0.25) is 0 Å². The molecule has 0 atom stereocenters. The van der Waals surface area contributed by atoms with Gasteiger partial charge in [0, 0.05) is 38.8 Å². The van der Waals surface area contributed by atoms with Crippen LogP contribution in [0.4, 0.5) is 0 Å². The zero-order valence-corrected chi connectivity index (χ0v) is 21.4. The molecular weight excluding hydrogens is 490 g/mol. The highest BCUT2D eigenvalue weighted by atomic mass is 15.1. The molecule has 5 aromatic carbocycles. The van der Waals surface area contributed by atoms with E-state index in [4.69, 9.17) is 15.0 Å². The minimum Gasteiger partial charge on any atom is -0.307 e. The van der Waals surface area contributed by atoms with Crippen LogP contribution in [0.2, 0.25) is 0 Å². The van der Waals surface area contributed by atoms with E-state index in [9.17, 15) is 0 Å². The van der Waals surface area contributed by atoms with E-state index in [0.717, 1.165) is 66.3 Å². The lowest BCUT2D eigenvalue weighted by Crippen LogP contribution is -2.02. The van der Waals surface area contributed by atoms with Crippen molar-refractivity contribution in [2.75, 3.05) is 0 Å². The second-order valence-corrected chi connectivity index (χ2v) is 10.1. The molecule has 5 nitrogen and oxygen atoms in total. The number of hydrogen-bond donors (Lipinski definition) is 0. The summed E-state index contributed by atoms with van der Waals surface area (Å²) in [6.07, 6.45) is 3.79. The van der Waals surface area contributed by atoms with E-state index in [2.05, 4.69) is 94.1 Å². The molecule has 186 valence electrons. The molecule has 0 unspecified atom stereocenters. The molecule has 0 N–H and O–H groups in total. The Kier molecular flexibility index (Phi) is 4.27. The van der Waals surface area contributed by atoms with Crippen molar-refractivity contribution in [1.82, 2.24) is 24.1 Å². The second kappa shape index (κ2) is 7.98. The summed E-state index contributed by atoms with van der Waals surface area (Å²) in [6, 6.07) is 40.1. The first-order chi connectivity index (χ1) is 19.9. The average molecular weight is 512 g/mol. The van der Waals surface area contributed by atoms with Crippen LogP contribution in [0.5, 0.6) is 0 Å². The molecule has 4 aromatic heterocycles. The Morgan fingerprint density at radius 1 is 0.475 bits per heavy atom. The predicted molar refractivity (Wildman–Crippen MR) is 164 cm³/mol. The normalized spacial score (nSPS) is 12.0. The van der Waals surface area contributed by atoms with E-state index in [-0.39, 0.29) is 0 Å². The Morgan fingerprint density at radius 3 is 1.93 bits per heavy atom. The van der Waals surface area contributed by atoms with Crippen LogP contribution in [-0.4, -0.2) is 24.1 Å². The smallest absolute Gasteiger partial charge is 0.156 e. The lowest BCUT2D eigenvalue weighted by atomic mass is 10.0. The number of benzene rings is 5. The summed E-state index contributed by atoms with van der Waals surface area (Å²) >= 11 is 0. The van der Waals surface area contributed by atoms with Crippen molar-refractivity contribution in [1.29, 1.82) is 0 Å². The zero-order valence-electron chi connectivity index (χ0n) is 21.4. The van der Waals surface area contributed by atoms with Crippen molar-refractivity contribution in [3.63, 3.8) is 0 Å². The van der Waals surface area contributed by atoms with Crippen molar-refractivity contribution in [2.45, 2.75) is 0 Å². The van der Waals surface area contributed by atoms with E-state index in [1.54, 1.807) is 0 Å². The number of pyridine rings is 1. The largest absolute Gasteiger partial charge is 0.307 e. The van der Waals surface area contributed by atoms with Crippen LogP contribution < -0.4 is 0 Å². The first-order valence-corrected chi connectivity index (χ1v) is 13.4. The van der Waals surface area contributed by atoms with Gasteiger partial charge in [-0.3, -0.25) is 14.5 Å². The van der Waals surface area contributed by atoms with Crippen molar-refractivity contribution in [2.24, 2.45) is 0 Å². The van der Waals surface area contributed by atoms with Gasteiger partial charge in [-0.1, -0.05) is 72.8 Å². The minimum atomic E-state index is 0.791. The summed E-state index contributed by atoms with van der Waals surface area (Å²) in [5.74, 6) is 0.791. The Bertz CT molecular complexity index is 2430. The summed E-state index contributed by atoms with van der Waals surface area (Å²) in [5.41, 5.74) is 8.30. The lowest BCUT2D eigenvalue weighted by Gasteiger charge is -2.13. The van der Waals surface area contributed by atoms with Crippen LogP contribution in [0.3, 0.4) is 0 Å². The molecule has 9 rings (SSSR count). The highest BCUT2D eigenvalue weighted by Gasteiger charge is 2.25. The van der Waals surface area contributed by atoms with Gasteiger partial charge in [-0.2, -0.15) is 0 Å². The van der Waals surface area contributed by atoms with Crippen LogP contribution in [0, 0.1) is 0 Å². The van der Waals surface area contributed by atoms with E-state index < -0.39 is 0 Å². The van der Waals surface area contributed by atoms with Crippen LogP contribution >= 0.6 is 0 Å². The summed E-state index contributed by atoms with van der Waals surface area (Å²) in [6.45, 7) is 0. The second-order valence-electron chi connectivity index (χ2n) is 10.1. The van der Waals surface area contributed by atoms with Crippen LogP contribution in [0.25, 0.3) is 77.1 Å². The van der Waals surface area contributed by atoms with Gasteiger partial charge in [0.05, 0.1) is 44.8 Å². The molecule has 0 radical (unpaired) electrons. The van der Waals surface area contributed by atoms with Gasteiger partial charge >= 0.3 is 0 Å². The zero-order chi connectivity index (χ0) is 26.2. The Hall–Kier alpha value is -5.55. The lowest BCUT2D eigenvalue weighted by molar-refractivity contribution is 1.07. The number of aromatic nitrogens is 5. The first kappa shape index (κ1) is 21.4. The molecule has 5 heteroatoms. The van der Waals surface area contributed by atoms with Gasteiger partial charge < -0.3 is 4.57 Å². The van der Waals surface area contributed by atoms with Gasteiger partial charge in [0.15, 0.2) is 5.82 Å². The Labute approximate surface area is 228 Å². The van der Waals surface area contributed by atoms with Crippen LogP contribution in [-0.2, 0) is 0 Å². The number of nitrogens with zero attached hydrogens (tertiary/aromatic N) is 5. The minimum absolute atomic E-state index is 0.791. The molecule has 4 heterocycles. The molecule has 0 saturated carbocycles. The fourth-order valence-electron chi connectivity index (χ4n) is 6.39. The monoisotopic (exact) mass is 511 g/mol. The quantitative estimate of drug-likeness (QED) is 0.234. The third-order valence-corrected chi connectivity index (χ3v) is 7.97. The Balaban J connectivity index is 1.63. The standard InChI is InChI=1S/C35H21N5/c1-2-11-22(12-3-1)39-28-18-8-5-14-24(28)32-33-25(15-10-20-36-33)31-23-13-4-9-19-29(23)40(34(31)35(32)39)30-21-37-26-16-6-7-17-27(26)38-30/h1-21H. The number of fused-ring (bicyclic) bond motifs is 11. The molecule has 0 bridgehead atoms. The van der Waals surface area contributed by atoms with E-state index >= 15 is 0 Å². The summed E-state index contributed by atoms with van der Waals surface area (Å²) in [7, 11) is 0. The molecule has 0 amide bonds. The van der Waals surface area contributed by atoms with Gasteiger partial charge in [-0.25, -0.2) is 4.98 Å².